The number of nitrogens with zero attached hydrogens (tertiary/aromatic N) is 1. The number of nitrogens with two attached hydrogens (primary N) is 1. The fourth-order valence-electron chi connectivity index (χ4n) is 4.07. The van der Waals surface area contributed by atoms with Crippen LogP contribution in [0.4, 0.5) is 10.1 Å². The van der Waals surface area contributed by atoms with Crippen LogP contribution in [0.25, 0.3) is 0 Å². The molecule has 23 heavy (non-hydrogen) atoms. The van der Waals surface area contributed by atoms with Gasteiger partial charge in [0.1, 0.15) is 5.82 Å². The van der Waals surface area contributed by atoms with E-state index in [0.29, 0.717) is 11.5 Å². The van der Waals surface area contributed by atoms with Gasteiger partial charge in [0.15, 0.2) is 0 Å². The van der Waals surface area contributed by atoms with Gasteiger partial charge in [-0.3, -0.25) is 4.79 Å². The first-order chi connectivity index (χ1) is 11.1. The molecule has 0 saturated carbocycles. The summed E-state index contributed by atoms with van der Waals surface area (Å²) < 4.78 is 13.3. The summed E-state index contributed by atoms with van der Waals surface area (Å²) in [6.07, 6.45) is 3.03. The molecule has 3 nitrogen and oxygen atoms in total. The molecule has 0 spiro atoms. The summed E-state index contributed by atoms with van der Waals surface area (Å²) in [5.41, 5.74) is 8.85. The Hall–Kier alpha value is -2.36. The van der Waals surface area contributed by atoms with E-state index in [9.17, 15) is 9.18 Å². The van der Waals surface area contributed by atoms with E-state index in [-0.39, 0.29) is 17.6 Å². The fraction of sp³-hybridized carbons (Fsp3) is 0.316. The Morgan fingerprint density at radius 3 is 2.87 bits per heavy atom. The molecule has 2 atom stereocenters. The molecule has 1 heterocycles. The number of likely N-dealkylation sites (tertiary alicyclic amines) is 1. The molecular weight excluding hydrogens is 291 g/mol. The first-order valence-electron chi connectivity index (χ1n) is 8.09. The van der Waals surface area contributed by atoms with E-state index < -0.39 is 5.82 Å². The smallest absolute Gasteiger partial charge is 0.254 e. The Morgan fingerprint density at radius 2 is 2.04 bits per heavy atom. The number of amides is 1. The normalized spacial score (nSPS) is 22.6. The summed E-state index contributed by atoms with van der Waals surface area (Å²) >= 11 is 0. The average molecular weight is 310 g/mol. The highest BCUT2D eigenvalue weighted by Crippen LogP contribution is 2.42. The molecule has 1 fully saturated rings. The molecule has 2 N–H and O–H groups in total. The van der Waals surface area contributed by atoms with Gasteiger partial charge < -0.3 is 10.6 Å². The topological polar surface area (TPSA) is 46.3 Å². The van der Waals surface area contributed by atoms with Crippen LogP contribution in [-0.4, -0.2) is 23.4 Å². The third-order valence-corrected chi connectivity index (χ3v) is 5.17. The number of nitrogen functional groups attached to an aromatic ring is 1. The quantitative estimate of drug-likeness (QED) is 0.821. The van der Waals surface area contributed by atoms with E-state index >= 15 is 0 Å². The Balaban J connectivity index is 1.65. The maximum Gasteiger partial charge on any atom is 0.254 e. The molecule has 0 unspecified atom stereocenters. The highest BCUT2D eigenvalue weighted by Gasteiger charge is 2.40. The zero-order chi connectivity index (χ0) is 16.0. The van der Waals surface area contributed by atoms with Crippen LogP contribution in [-0.2, 0) is 6.42 Å². The molecule has 1 aliphatic carbocycles. The number of piperidine rings is 1. The largest absolute Gasteiger partial charge is 0.396 e. The Labute approximate surface area is 134 Å². The van der Waals surface area contributed by atoms with Gasteiger partial charge in [0.05, 0.1) is 5.69 Å². The van der Waals surface area contributed by atoms with Gasteiger partial charge in [-0.1, -0.05) is 24.3 Å². The molecule has 0 aromatic heterocycles. The second-order valence-electron chi connectivity index (χ2n) is 6.45. The molecule has 4 heteroatoms. The van der Waals surface area contributed by atoms with Gasteiger partial charge in [-0.2, -0.15) is 0 Å². The number of benzene rings is 2. The van der Waals surface area contributed by atoms with Crippen LogP contribution in [0, 0.1) is 5.82 Å². The molecule has 0 radical (unpaired) electrons. The number of hydrogen-bond donors (Lipinski definition) is 1. The van der Waals surface area contributed by atoms with Crippen molar-refractivity contribution in [1.82, 2.24) is 4.90 Å². The summed E-state index contributed by atoms with van der Waals surface area (Å²) in [4.78, 5) is 14.9. The van der Waals surface area contributed by atoms with Gasteiger partial charge in [0.25, 0.3) is 5.91 Å². The minimum absolute atomic E-state index is 0.0270. The van der Waals surface area contributed by atoms with Gasteiger partial charge >= 0.3 is 0 Å². The summed E-state index contributed by atoms with van der Waals surface area (Å²) in [7, 11) is 0. The van der Waals surface area contributed by atoms with E-state index in [4.69, 9.17) is 5.73 Å². The van der Waals surface area contributed by atoms with Crippen LogP contribution in [0.5, 0.6) is 0 Å². The second kappa shape index (κ2) is 5.37. The highest BCUT2D eigenvalue weighted by atomic mass is 19.1. The number of rotatable bonds is 1. The highest BCUT2D eigenvalue weighted by molar-refractivity contribution is 5.95. The fourth-order valence-corrected chi connectivity index (χ4v) is 4.07. The van der Waals surface area contributed by atoms with Crippen molar-refractivity contribution in [3.63, 3.8) is 0 Å². The minimum atomic E-state index is -0.480. The number of carbonyl (C=O) groups is 1. The molecule has 1 aliphatic heterocycles. The first-order valence-corrected chi connectivity index (χ1v) is 8.09. The molecule has 1 amide bonds. The van der Waals surface area contributed by atoms with Crippen LogP contribution in [0.3, 0.4) is 0 Å². The molecular formula is C19H19FN2O. The van der Waals surface area contributed by atoms with Crippen LogP contribution >= 0.6 is 0 Å². The van der Waals surface area contributed by atoms with Crippen LogP contribution in [0.15, 0.2) is 42.5 Å². The number of hydrogen-bond acceptors (Lipinski definition) is 2. The van der Waals surface area contributed by atoms with E-state index in [0.717, 1.165) is 25.8 Å². The molecule has 2 aromatic rings. The van der Waals surface area contributed by atoms with Crippen molar-refractivity contribution in [2.45, 2.75) is 31.2 Å². The molecule has 0 bridgehead atoms. The Morgan fingerprint density at radius 1 is 1.22 bits per heavy atom. The van der Waals surface area contributed by atoms with E-state index in [2.05, 4.69) is 24.3 Å². The standard InChI is InChI=1S/C19H19FN2O/c20-16-8-7-13(10-17(16)21)19(23)22-9-3-6-15-14-5-2-1-4-12(14)11-18(15)22/h1-2,4-5,7-8,10,15,18H,3,6,9,11,21H2/t15-,18+/m1/s1. The van der Waals surface area contributed by atoms with Crippen molar-refractivity contribution >= 4 is 11.6 Å². The number of halogens is 1. The Kier molecular flexibility index (Phi) is 3.33. The minimum Gasteiger partial charge on any atom is -0.396 e. The lowest BCUT2D eigenvalue weighted by Crippen LogP contribution is -2.46. The van der Waals surface area contributed by atoms with Crippen molar-refractivity contribution < 1.29 is 9.18 Å². The van der Waals surface area contributed by atoms with Crippen molar-refractivity contribution in [1.29, 1.82) is 0 Å². The summed E-state index contributed by atoms with van der Waals surface area (Å²) in [6.45, 7) is 0.755. The van der Waals surface area contributed by atoms with Crippen LogP contribution in [0.2, 0.25) is 0 Å². The van der Waals surface area contributed by atoms with E-state index in [1.54, 1.807) is 0 Å². The molecule has 118 valence electrons. The van der Waals surface area contributed by atoms with Crippen LogP contribution in [0.1, 0.15) is 40.2 Å². The first kappa shape index (κ1) is 14.2. The predicted molar refractivity (Wildman–Crippen MR) is 87.8 cm³/mol. The molecule has 1 saturated heterocycles. The van der Waals surface area contributed by atoms with Gasteiger partial charge in [-0.15, -0.1) is 0 Å². The number of anilines is 1. The summed E-state index contributed by atoms with van der Waals surface area (Å²) in [6, 6.07) is 12.9. The zero-order valence-corrected chi connectivity index (χ0v) is 12.8. The molecule has 2 aliphatic rings. The lowest BCUT2D eigenvalue weighted by atomic mass is 9.88. The lowest BCUT2D eigenvalue weighted by molar-refractivity contribution is 0.0595. The number of fused-ring (bicyclic) bond motifs is 3. The molecule has 2 aromatic carbocycles. The summed E-state index contributed by atoms with van der Waals surface area (Å²) in [5, 5.41) is 0. The lowest BCUT2D eigenvalue weighted by Gasteiger charge is -2.38. The maximum atomic E-state index is 13.3. The number of carbonyl (C=O) groups excluding carboxylic acids is 1. The van der Waals surface area contributed by atoms with Crippen molar-refractivity contribution in [2.24, 2.45) is 0 Å². The van der Waals surface area contributed by atoms with E-state index in [1.165, 1.54) is 29.3 Å². The SMILES string of the molecule is Nc1cc(C(=O)N2CCC[C@@H]3c4ccccc4C[C@@H]32)ccc1F. The van der Waals surface area contributed by atoms with Gasteiger partial charge in [0, 0.05) is 24.1 Å². The third kappa shape index (κ3) is 2.29. The summed E-state index contributed by atoms with van der Waals surface area (Å²) in [5.74, 6) is -0.104. The predicted octanol–water partition coefficient (Wildman–Crippen LogP) is 3.35. The molecule has 4 rings (SSSR count). The maximum absolute atomic E-state index is 13.3. The van der Waals surface area contributed by atoms with Gasteiger partial charge in [-0.25, -0.2) is 4.39 Å². The van der Waals surface area contributed by atoms with Crippen molar-refractivity contribution in [2.75, 3.05) is 12.3 Å². The van der Waals surface area contributed by atoms with Crippen LogP contribution < -0.4 is 5.73 Å². The van der Waals surface area contributed by atoms with Gasteiger partial charge in [-0.05, 0) is 48.6 Å². The Bertz CT molecular complexity index is 774. The average Bonchev–Trinajstić information content (AvgIpc) is 2.95. The third-order valence-electron chi connectivity index (χ3n) is 5.17. The monoisotopic (exact) mass is 310 g/mol. The van der Waals surface area contributed by atoms with Gasteiger partial charge in [0.2, 0.25) is 0 Å². The second-order valence-corrected chi connectivity index (χ2v) is 6.45. The van der Waals surface area contributed by atoms with E-state index in [1.807, 2.05) is 4.90 Å². The van der Waals surface area contributed by atoms with Crippen molar-refractivity contribution in [3.05, 3.63) is 65.0 Å². The van der Waals surface area contributed by atoms with Crippen molar-refractivity contribution in [3.8, 4) is 0 Å². The zero-order valence-electron chi connectivity index (χ0n) is 12.8.